The minimum Gasteiger partial charge on any atom is -0.493 e. The van der Waals surface area contributed by atoms with Gasteiger partial charge in [0.1, 0.15) is 0 Å². The van der Waals surface area contributed by atoms with E-state index in [4.69, 9.17) is 19.3 Å². The van der Waals surface area contributed by atoms with Crippen molar-refractivity contribution in [1.29, 1.82) is 0 Å². The highest BCUT2D eigenvalue weighted by Crippen LogP contribution is 2.38. The molecule has 1 aliphatic rings. The average molecular weight is 450 g/mol. The third-order valence-corrected chi connectivity index (χ3v) is 6.92. The summed E-state index contributed by atoms with van der Waals surface area (Å²) >= 11 is 1.69. The summed E-state index contributed by atoms with van der Waals surface area (Å²) in [6.45, 7) is 0.324. The third-order valence-electron chi connectivity index (χ3n) is 5.89. The summed E-state index contributed by atoms with van der Waals surface area (Å²) in [5.74, 6) is 1.53. The number of carbonyl (C=O) groups is 1. The maximum Gasteiger partial charge on any atom is 0.166 e. The van der Waals surface area contributed by atoms with Crippen LogP contribution in [0.4, 0.5) is 0 Å². The molecule has 0 fully saturated rings. The second-order valence-electron chi connectivity index (χ2n) is 7.72. The van der Waals surface area contributed by atoms with Crippen molar-refractivity contribution in [2.24, 2.45) is 0 Å². The fourth-order valence-electron chi connectivity index (χ4n) is 4.39. The molecule has 1 aliphatic carbocycles. The Morgan fingerprint density at radius 3 is 2.69 bits per heavy atom. The van der Waals surface area contributed by atoms with Gasteiger partial charge in [0.2, 0.25) is 0 Å². The van der Waals surface area contributed by atoms with Crippen LogP contribution < -0.4 is 9.47 Å². The molecule has 4 aromatic rings. The second kappa shape index (κ2) is 8.37. The first-order valence-electron chi connectivity index (χ1n) is 10.3. The van der Waals surface area contributed by atoms with Crippen LogP contribution in [-0.4, -0.2) is 41.7 Å². The summed E-state index contributed by atoms with van der Waals surface area (Å²) in [6.07, 6.45) is 2.93. The SMILES string of the molecule is COCc1nn2c3c(cnc2c1-c1ccc(OC)c(OC)c1)C(=O)CC(c1cccs1)C3. The van der Waals surface area contributed by atoms with E-state index in [-0.39, 0.29) is 11.7 Å². The normalized spacial score (nSPS) is 15.7. The molecule has 0 radical (unpaired) electrons. The zero-order valence-corrected chi connectivity index (χ0v) is 18.9. The predicted octanol–water partition coefficient (Wildman–Crippen LogP) is 4.53. The van der Waals surface area contributed by atoms with Gasteiger partial charge in [0.05, 0.1) is 43.3 Å². The van der Waals surface area contributed by atoms with Crippen LogP contribution in [0.1, 0.15) is 39.0 Å². The first kappa shape index (κ1) is 20.7. The van der Waals surface area contributed by atoms with Gasteiger partial charge in [0.25, 0.3) is 0 Å². The predicted molar refractivity (Wildman–Crippen MR) is 122 cm³/mol. The van der Waals surface area contributed by atoms with E-state index in [9.17, 15) is 4.79 Å². The highest BCUT2D eigenvalue weighted by molar-refractivity contribution is 7.10. The van der Waals surface area contributed by atoms with E-state index in [0.717, 1.165) is 28.9 Å². The van der Waals surface area contributed by atoms with Gasteiger partial charge >= 0.3 is 0 Å². The molecular weight excluding hydrogens is 426 g/mol. The topological polar surface area (TPSA) is 75.0 Å². The van der Waals surface area contributed by atoms with Gasteiger partial charge in [-0.15, -0.1) is 11.3 Å². The van der Waals surface area contributed by atoms with Crippen LogP contribution in [0.5, 0.6) is 11.5 Å². The van der Waals surface area contributed by atoms with E-state index < -0.39 is 0 Å². The number of hydrogen-bond acceptors (Lipinski definition) is 7. The molecule has 0 aliphatic heterocycles. The van der Waals surface area contributed by atoms with Crippen LogP contribution in [0.25, 0.3) is 16.8 Å². The molecule has 1 aromatic carbocycles. The van der Waals surface area contributed by atoms with Crippen LogP contribution in [-0.2, 0) is 17.8 Å². The molecule has 3 heterocycles. The number of ketones is 1. The van der Waals surface area contributed by atoms with Crippen LogP contribution in [0.3, 0.4) is 0 Å². The molecule has 1 atom stereocenters. The summed E-state index contributed by atoms with van der Waals surface area (Å²) in [5.41, 5.74) is 4.76. The first-order valence-corrected chi connectivity index (χ1v) is 11.2. The standard InChI is InChI=1S/C24H23N3O4S/c1-29-13-17-23(14-6-7-20(30-2)21(11-14)31-3)24-25-12-16-18(27(24)26-17)9-15(10-19(16)28)22-5-4-8-32-22/h4-8,11-12,15H,9-10,13H2,1-3H3. The van der Waals surface area contributed by atoms with Crippen LogP contribution >= 0.6 is 11.3 Å². The van der Waals surface area contributed by atoms with Gasteiger partial charge in [-0.2, -0.15) is 5.10 Å². The number of aromatic nitrogens is 3. The summed E-state index contributed by atoms with van der Waals surface area (Å²) in [5, 5.41) is 6.90. The Balaban J connectivity index is 1.70. The Kier molecular flexibility index (Phi) is 5.40. The number of thiophene rings is 1. The molecule has 32 heavy (non-hydrogen) atoms. The molecule has 0 saturated heterocycles. The summed E-state index contributed by atoms with van der Waals surface area (Å²) in [7, 11) is 4.86. The molecule has 3 aromatic heterocycles. The minimum atomic E-state index is 0.107. The molecule has 8 heteroatoms. The Labute approximate surface area is 189 Å². The van der Waals surface area contributed by atoms with Crippen molar-refractivity contribution in [1.82, 2.24) is 14.6 Å². The van der Waals surface area contributed by atoms with Gasteiger partial charge in [0, 0.05) is 30.5 Å². The van der Waals surface area contributed by atoms with Crippen LogP contribution in [0, 0.1) is 0 Å². The van der Waals surface area contributed by atoms with Crippen LogP contribution in [0.2, 0.25) is 0 Å². The average Bonchev–Trinajstić information content (AvgIpc) is 3.47. The van der Waals surface area contributed by atoms with E-state index in [1.807, 2.05) is 28.8 Å². The van der Waals surface area contributed by atoms with Gasteiger partial charge < -0.3 is 14.2 Å². The van der Waals surface area contributed by atoms with Crippen molar-refractivity contribution >= 4 is 22.8 Å². The molecule has 0 N–H and O–H groups in total. The second-order valence-corrected chi connectivity index (χ2v) is 8.70. The fourth-order valence-corrected chi connectivity index (χ4v) is 5.22. The van der Waals surface area contributed by atoms with E-state index in [1.165, 1.54) is 4.88 Å². The third kappa shape index (κ3) is 3.36. The maximum absolute atomic E-state index is 12.9. The number of ether oxygens (including phenoxy) is 3. The van der Waals surface area contributed by atoms with Crippen molar-refractivity contribution in [2.45, 2.75) is 25.4 Å². The fraction of sp³-hybridized carbons (Fsp3) is 0.292. The number of carbonyl (C=O) groups excluding carboxylic acids is 1. The van der Waals surface area contributed by atoms with Crippen LogP contribution in [0.15, 0.2) is 41.9 Å². The molecule has 0 saturated carbocycles. The molecule has 164 valence electrons. The number of methoxy groups -OCH3 is 3. The van der Waals surface area contributed by atoms with Gasteiger partial charge in [-0.3, -0.25) is 4.79 Å². The Morgan fingerprint density at radius 2 is 1.97 bits per heavy atom. The van der Waals surface area contributed by atoms with Gasteiger partial charge in [-0.1, -0.05) is 12.1 Å². The lowest BCUT2D eigenvalue weighted by molar-refractivity contribution is 0.0962. The van der Waals surface area contributed by atoms with Gasteiger partial charge in [0.15, 0.2) is 22.9 Å². The van der Waals surface area contributed by atoms with Gasteiger partial charge in [-0.25, -0.2) is 9.50 Å². The number of Topliss-reactive ketones (excluding diaryl/α,β-unsaturated/α-hetero) is 1. The van der Waals surface area contributed by atoms with E-state index in [0.29, 0.717) is 35.7 Å². The highest BCUT2D eigenvalue weighted by Gasteiger charge is 2.31. The lowest BCUT2D eigenvalue weighted by Crippen LogP contribution is -2.22. The summed E-state index contributed by atoms with van der Waals surface area (Å²) < 4.78 is 18.2. The number of rotatable bonds is 6. The Morgan fingerprint density at radius 1 is 1.12 bits per heavy atom. The summed E-state index contributed by atoms with van der Waals surface area (Å²) in [4.78, 5) is 18.8. The highest BCUT2D eigenvalue weighted by atomic mass is 32.1. The van der Waals surface area contributed by atoms with Crippen molar-refractivity contribution < 1.29 is 19.0 Å². The zero-order valence-electron chi connectivity index (χ0n) is 18.1. The zero-order chi connectivity index (χ0) is 22.2. The molecule has 0 spiro atoms. The monoisotopic (exact) mass is 449 g/mol. The maximum atomic E-state index is 12.9. The number of hydrogen-bond donors (Lipinski definition) is 0. The largest absolute Gasteiger partial charge is 0.493 e. The molecule has 7 nitrogen and oxygen atoms in total. The van der Waals surface area contributed by atoms with E-state index in [2.05, 4.69) is 16.4 Å². The molecule has 5 rings (SSSR count). The van der Waals surface area contributed by atoms with Crippen molar-refractivity contribution in [3.63, 3.8) is 0 Å². The molecule has 1 unspecified atom stereocenters. The quantitative estimate of drug-likeness (QED) is 0.430. The van der Waals surface area contributed by atoms with E-state index in [1.54, 1.807) is 38.9 Å². The Hall–Kier alpha value is -3.23. The van der Waals surface area contributed by atoms with Crippen molar-refractivity contribution in [3.8, 4) is 22.6 Å². The number of benzene rings is 1. The lowest BCUT2D eigenvalue weighted by atomic mass is 9.85. The first-order chi connectivity index (χ1) is 15.6. The Bertz CT molecular complexity index is 1300. The van der Waals surface area contributed by atoms with Crippen molar-refractivity contribution in [2.75, 3.05) is 21.3 Å². The smallest absolute Gasteiger partial charge is 0.166 e. The number of fused-ring (bicyclic) bond motifs is 3. The molecular formula is C24H23N3O4S. The van der Waals surface area contributed by atoms with Crippen molar-refractivity contribution in [3.05, 3.63) is 63.7 Å². The molecule has 0 bridgehead atoms. The number of nitrogens with zero attached hydrogens (tertiary/aromatic N) is 3. The van der Waals surface area contributed by atoms with Gasteiger partial charge in [-0.05, 0) is 35.6 Å². The molecule has 0 amide bonds. The lowest BCUT2D eigenvalue weighted by Gasteiger charge is -2.23. The van der Waals surface area contributed by atoms with E-state index >= 15 is 0 Å². The minimum absolute atomic E-state index is 0.107. The summed E-state index contributed by atoms with van der Waals surface area (Å²) in [6, 6.07) is 9.86.